The van der Waals surface area contributed by atoms with Gasteiger partial charge in [-0.1, -0.05) is 27.2 Å². The lowest BCUT2D eigenvalue weighted by Crippen LogP contribution is -2.35. The summed E-state index contributed by atoms with van der Waals surface area (Å²) in [5.41, 5.74) is 0. The van der Waals surface area contributed by atoms with Crippen LogP contribution < -0.4 is 5.32 Å². The molecular formula is C12H24N2O. The third kappa shape index (κ3) is 3.20. The van der Waals surface area contributed by atoms with Gasteiger partial charge in [-0.05, 0) is 25.7 Å². The van der Waals surface area contributed by atoms with Gasteiger partial charge in [0.15, 0.2) is 0 Å². The Morgan fingerprint density at radius 3 is 2.67 bits per heavy atom. The van der Waals surface area contributed by atoms with E-state index in [9.17, 15) is 4.79 Å². The van der Waals surface area contributed by atoms with Crippen LogP contribution >= 0.6 is 0 Å². The van der Waals surface area contributed by atoms with Gasteiger partial charge in [-0.25, -0.2) is 0 Å². The molecule has 1 rings (SSSR count). The topological polar surface area (TPSA) is 32.3 Å². The highest BCUT2D eigenvalue weighted by atomic mass is 16.2. The molecule has 0 aromatic carbocycles. The van der Waals surface area contributed by atoms with E-state index in [4.69, 9.17) is 0 Å². The van der Waals surface area contributed by atoms with E-state index in [2.05, 4.69) is 33.0 Å². The predicted octanol–water partition coefficient (Wildman–Crippen LogP) is 1.98. The summed E-state index contributed by atoms with van der Waals surface area (Å²) in [6.07, 6.45) is 3.41. The highest BCUT2D eigenvalue weighted by molar-refractivity contribution is 5.84. The van der Waals surface area contributed by atoms with Crippen molar-refractivity contribution in [3.05, 3.63) is 0 Å². The molecule has 0 spiro atoms. The largest absolute Gasteiger partial charge is 0.326 e. The second-order valence-corrected chi connectivity index (χ2v) is 4.91. The number of rotatable bonds is 5. The lowest BCUT2D eigenvalue weighted by atomic mass is 10.0. The number of hydrogen-bond donors (Lipinski definition) is 1. The van der Waals surface area contributed by atoms with Crippen molar-refractivity contribution in [2.24, 2.45) is 5.92 Å². The maximum absolute atomic E-state index is 12.0. The average Bonchev–Trinajstić information content (AvgIpc) is 2.39. The van der Waals surface area contributed by atoms with Crippen molar-refractivity contribution < 1.29 is 4.79 Å². The zero-order valence-corrected chi connectivity index (χ0v) is 10.4. The number of nitrogens with one attached hydrogen (secondary N) is 1. The number of carbonyl (C=O) groups excluding carboxylic acids is 1. The fourth-order valence-corrected chi connectivity index (χ4v) is 2.12. The molecule has 2 atom stereocenters. The summed E-state index contributed by atoms with van der Waals surface area (Å²) in [6, 6.07) is 0.0526. The van der Waals surface area contributed by atoms with Crippen LogP contribution in [-0.4, -0.2) is 29.6 Å². The number of carbonyl (C=O) groups is 1. The van der Waals surface area contributed by atoms with Crippen LogP contribution in [0.3, 0.4) is 0 Å². The molecule has 3 heteroatoms. The van der Waals surface area contributed by atoms with Gasteiger partial charge in [0.2, 0.25) is 5.91 Å². The van der Waals surface area contributed by atoms with E-state index in [0.29, 0.717) is 11.8 Å². The van der Waals surface area contributed by atoms with E-state index in [1.165, 1.54) is 0 Å². The third-order valence-electron chi connectivity index (χ3n) is 2.95. The van der Waals surface area contributed by atoms with Crippen LogP contribution in [-0.2, 0) is 4.79 Å². The first kappa shape index (κ1) is 12.5. The van der Waals surface area contributed by atoms with Crippen molar-refractivity contribution in [2.75, 3.05) is 6.54 Å². The Bertz CT molecular complexity index is 216. The summed E-state index contributed by atoms with van der Waals surface area (Å²) in [6.45, 7) is 9.46. The highest BCUT2D eigenvalue weighted by Gasteiger charge is 2.35. The highest BCUT2D eigenvalue weighted by Crippen LogP contribution is 2.17. The number of unbranched alkanes of at least 4 members (excludes halogenated alkanes) is 1. The van der Waals surface area contributed by atoms with Gasteiger partial charge in [0.25, 0.3) is 0 Å². The molecule has 1 fully saturated rings. The molecule has 0 aromatic heterocycles. The number of nitrogens with zero attached hydrogens (tertiary/aromatic N) is 1. The Morgan fingerprint density at radius 2 is 2.13 bits per heavy atom. The molecular weight excluding hydrogens is 188 g/mol. The first-order valence-electron chi connectivity index (χ1n) is 6.12. The summed E-state index contributed by atoms with van der Waals surface area (Å²) >= 11 is 0. The third-order valence-corrected chi connectivity index (χ3v) is 2.95. The minimum atomic E-state index is 0.0526. The molecule has 0 saturated carbocycles. The van der Waals surface area contributed by atoms with Crippen molar-refractivity contribution in [1.82, 2.24) is 10.2 Å². The van der Waals surface area contributed by atoms with Crippen molar-refractivity contribution in [3.63, 3.8) is 0 Å². The second-order valence-electron chi connectivity index (χ2n) is 4.91. The van der Waals surface area contributed by atoms with Gasteiger partial charge in [-0.3, -0.25) is 10.1 Å². The summed E-state index contributed by atoms with van der Waals surface area (Å²) in [7, 11) is 0. The van der Waals surface area contributed by atoms with Gasteiger partial charge in [0.1, 0.15) is 0 Å². The van der Waals surface area contributed by atoms with Crippen LogP contribution in [0.25, 0.3) is 0 Å². The van der Waals surface area contributed by atoms with E-state index in [1.807, 2.05) is 4.90 Å². The van der Waals surface area contributed by atoms with Gasteiger partial charge in [0.05, 0.1) is 12.2 Å². The first-order chi connectivity index (χ1) is 7.06. The minimum absolute atomic E-state index is 0.0526. The Balaban J connectivity index is 2.50. The Hall–Kier alpha value is -0.570. The average molecular weight is 212 g/mol. The molecule has 0 aliphatic carbocycles. The predicted molar refractivity (Wildman–Crippen MR) is 62.5 cm³/mol. The standard InChI is InChI=1S/C12H24N2O/c1-5-6-7-14-10(4)13-11(12(14)15)8-9(2)3/h9-11,13H,5-8H2,1-4H3. The molecule has 1 aliphatic rings. The molecule has 3 nitrogen and oxygen atoms in total. The lowest BCUT2D eigenvalue weighted by Gasteiger charge is -2.20. The number of amides is 1. The van der Waals surface area contributed by atoms with Crippen LogP contribution in [0, 0.1) is 5.92 Å². The van der Waals surface area contributed by atoms with Crippen LogP contribution in [0.1, 0.15) is 47.0 Å². The minimum Gasteiger partial charge on any atom is -0.326 e. The van der Waals surface area contributed by atoms with Crippen LogP contribution in [0.15, 0.2) is 0 Å². The molecule has 1 saturated heterocycles. The maximum atomic E-state index is 12.0. The smallest absolute Gasteiger partial charge is 0.241 e. The molecule has 1 heterocycles. The molecule has 0 aromatic rings. The van der Waals surface area contributed by atoms with Crippen molar-refractivity contribution in [1.29, 1.82) is 0 Å². The number of hydrogen-bond acceptors (Lipinski definition) is 2. The Labute approximate surface area is 93.2 Å². The molecule has 0 bridgehead atoms. The SMILES string of the molecule is CCCCN1C(=O)C(CC(C)C)NC1C. The molecule has 0 radical (unpaired) electrons. The van der Waals surface area contributed by atoms with Gasteiger partial charge in [-0.15, -0.1) is 0 Å². The van der Waals surface area contributed by atoms with E-state index < -0.39 is 0 Å². The lowest BCUT2D eigenvalue weighted by molar-refractivity contribution is -0.130. The molecule has 1 aliphatic heterocycles. The van der Waals surface area contributed by atoms with Crippen molar-refractivity contribution >= 4 is 5.91 Å². The fourth-order valence-electron chi connectivity index (χ4n) is 2.12. The van der Waals surface area contributed by atoms with E-state index >= 15 is 0 Å². The summed E-state index contributed by atoms with van der Waals surface area (Å²) < 4.78 is 0. The van der Waals surface area contributed by atoms with Crippen LogP contribution in [0.2, 0.25) is 0 Å². The monoisotopic (exact) mass is 212 g/mol. The second kappa shape index (κ2) is 5.50. The first-order valence-corrected chi connectivity index (χ1v) is 6.12. The maximum Gasteiger partial charge on any atom is 0.241 e. The van der Waals surface area contributed by atoms with Gasteiger partial charge in [0, 0.05) is 6.54 Å². The van der Waals surface area contributed by atoms with Crippen molar-refractivity contribution in [3.8, 4) is 0 Å². The zero-order chi connectivity index (χ0) is 11.4. The van der Waals surface area contributed by atoms with Crippen molar-refractivity contribution in [2.45, 2.75) is 59.2 Å². The van der Waals surface area contributed by atoms with Gasteiger partial charge < -0.3 is 4.90 Å². The molecule has 88 valence electrons. The fraction of sp³-hybridized carbons (Fsp3) is 0.917. The van der Waals surface area contributed by atoms with E-state index in [1.54, 1.807) is 0 Å². The quantitative estimate of drug-likeness (QED) is 0.755. The normalized spacial score (nSPS) is 26.7. The zero-order valence-electron chi connectivity index (χ0n) is 10.4. The van der Waals surface area contributed by atoms with E-state index in [-0.39, 0.29) is 12.2 Å². The molecule has 1 N–H and O–H groups in total. The van der Waals surface area contributed by atoms with Crippen LogP contribution in [0.5, 0.6) is 0 Å². The summed E-state index contributed by atoms with van der Waals surface area (Å²) in [5, 5.41) is 3.37. The molecule has 1 amide bonds. The summed E-state index contributed by atoms with van der Waals surface area (Å²) in [4.78, 5) is 14.0. The van der Waals surface area contributed by atoms with Crippen LogP contribution in [0.4, 0.5) is 0 Å². The molecule has 15 heavy (non-hydrogen) atoms. The summed E-state index contributed by atoms with van der Waals surface area (Å²) in [5.74, 6) is 0.870. The molecule has 2 unspecified atom stereocenters. The van der Waals surface area contributed by atoms with E-state index in [0.717, 1.165) is 25.8 Å². The Morgan fingerprint density at radius 1 is 1.47 bits per heavy atom. The van der Waals surface area contributed by atoms with Gasteiger partial charge >= 0.3 is 0 Å². The Kier molecular flexibility index (Phi) is 4.58. The van der Waals surface area contributed by atoms with Gasteiger partial charge in [-0.2, -0.15) is 0 Å².